The summed E-state index contributed by atoms with van der Waals surface area (Å²) in [6.07, 6.45) is 0.762. The fourth-order valence-electron chi connectivity index (χ4n) is 2.80. The Kier molecular flexibility index (Phi) is 4.82. The molecule has 0 radical (unpaired) electrons. The highest BCUT2D eigenvalue weighted by Crippen LogP contribution is 2.31. The zero-order valence-electron chi connectivity index (χ0n) is 15.0. The van der Waals surface area contributed by atoms with Crippen molar-refractivity contribution >= 4 is 17.2 Å². The number of carbonyl (C=O) groups excluding carboxylic acids is 1. The lowest BCUT2D eigenvalue weighted by molar-refractivity contribution is 0.0537. The van der Waals surface area contributed by atoms with Gasteiger partial charge in [-0.15, -0.1) is 11.3 Å². The molecule has 0 saturated carbocycles. The summed E-state index contributed by atoms with van der Waals surface area (Å²) in [5.41, 5.74) is 0.881. The van der Waals surface area contributed by atoms with E-state index in [0.29, 0.717) is 17.2 Å². The summed E-state index contributed by atoms with van der Waals surface area (Å²) in [4.78, 5) is 20.0. The molecule has 4 nitrogen and oxygen atoms in total. The van der Waals surface area contributed by atoms with E-state index in [4.69, 9.17) is 4.74 Å². The van der Waals surface area contributed by atoms with Crippen LogP contribution in [0.1, 0.15) is 48.1 Å². The van der Waals surface area contributed by atoms with Gasteiger partial charge in [0.25, 0.3) is 5.91 Å². The molecule has 0 bridgehead atoms. The molecule has 1 aliphatic rings. The molecular formula is C19H23FN2O2S. The Labute approximate surface area is 151 Å². The van der Waals surface area contributed by atoms with Gasteiger partial charge in [-0.2, -0.15) is 0 Å². The van der Waals surface area contributed by atoms with Crippen molar-refractivity contribution in [2.75, 3.05) is 6.54 Å². The van der Waals surface area contributed by atoms with Crippen LogP contribution in [-0.4, -0.2) is 28.4 Å². The van der Waals surface area contributed by atoms with Gasteiger partial charge in [-0.25, -0.2) is 9.37 Å². The quantitative estimate of drug-likeness (QED) is 0.815. The monoisotopic (exact) mass is 362 g/mol. The number of carbonyl (C=O) groups is 1. The van der Waals surface area contributed by atoms with Gasteiger partial charge < -0.3 is 9.64 Å². The lowest BCUT2D eigenvalue weighted by Crippen LogP contribution is -2.48. The first-order valence-corrected chi connectivity index (χ1v) is 9.25. The number of hydrogen-bond donors (Lipinski definition) is 0. The average molecular weight is 362 g/mol. The van der Waals surface area contributed by atoms with Crippen molar-refractivity contribution in [3.8, 4) is 5.75 Å². The minimum absolute atomic E-state index is 0.0289. The van der Waals surface area contributed by atoms with Gasteiger partial charge >= 0.3 is 0 Å². The van der Waals surface area contributed by atoms with Crippen molar-refractivity contribution in [3.05, 3.63) is 45.7 Å². The van der Waals surface area contributed by atoms with Gasteiger partial charge in [-0.3, -0.25) is 4.79 Å². The van der Waals surface area contributed by atoms with E-state index >= 15 is 0 Å². The lowest BCUT2D eigenvalue weighted by atomic mass is 9.86. The number of aromatic nitrogens is 1. The summed E-state index contributed by atoms with van der Waals surface area (Å²) in [5.74, 6) is 0.179. The van der Waals surface area contributed by atoms with Crippen molar-refractivity contribution in [1.82, 2.24) is 9.88 Å². The van der Waals surface area contributed by atoms with Crippen LogP contribution in [0.5, 0.6) is 5.75 Å². The van der Waals surface area contributed by atoms with Gasteiger partial charge in [0.2, 0.25) is 0 Å². The Morgan fingerprint density at radius 1 is 1.40 bits per heavy atom. The number of thiazole rings is 1. The van der Waals surface area contributed by atoms with Crippen molar-refractivity contribution in [2.45, 2.75) is 46.8 Å². The molecule has 0 aliphatic carbocycles. The molecule has 1 aromatic carbocycles. The first-order valence-electron chi connectivity index (χ1n) is 8.43. The minimum Gasteiger partial charge on any atom is -0.486 e. The Morgan fingerprint density at radius 3 is 2.84 bits per heavy atom. The van der Waals surface area contributed by atoms with Crippen molar-refractivity contribution in [1.29, 1.82) is 0 Å². The normalized spacial score (nSPS) is 15.9. The molecule has 1 amide bonds. The first kappa shape index (κ1) is 17.9. The highest BCUT2D eigenvalue weighted by molar-refractivity contribution is 7.13. The maximum atomic E-state index is 13.2. The van der Waals surface area contributed by atoms with Crippen LogP contribution in [-0.2, 0) is 13.0 Å². The molecule has 0 saturated heterocycles. The van der Waals surface area contributed by atoms with E-state index < -0.39 is 0 Å². The van der Waals surface area contributed by atoms with Gasteiger partial charge in [0.15, 0.2) is 0 Å². The first-order chi connectivity index (χ1) is 11.8. The van der Waals surface area contributed by atoms with E-state index in [1.165, 1.54) is 23.5 Å². The van der Waals surface area contributed by atoms with Crippen LogP contribution in [0.25, 0.3) is 0 Å². The maximum absolute atomic E-state index is 13.2. The third-order valence-electron chi connectivity index (χ3n) is 4.67. The fraction of sp³-hybridized carbons (Fsp3) is 0.474. The second-order valence-corrected chi connectivity index (χ2v) is 8.50. The smallest absolute Gasteiger partial charge is 0.266 e. The lowest BCUT2D eigenvalue weighted by Gasteiger charge is -2.39. The van der Waals surface area contributed by atoms with Gasteiger partial charge in [0.05, 0.1) is 5.69 Å². The van der Waals surface area contributed by atoms with Crippen LogP contribution in [0.3, 0.4) is 0 Å². The molecule has 0 N–H and O–H groups in total. The van der Waals surface area contributed by atoms with Crippen LogP contribution in [0.15, 0.2) is 24.3 Å². The Morgan fingerprint density at radius 2 is 2.16 bits per heavy atom. The highest BCUT2D eigenvalue weighted by atomic mass is 32.1. The maximum Gasteiger partial charge on any atom is 0.266 e. The second kappa shape index (κ2) is 6.75. The summed E-state index contributed by atoms with van der Waals surface area (Å²) in [5, 5.41) is 0.743. The summed E-state index contributed by atoms with van der Waals surface area (Å²) in [6.45, 7) is 9.46. The number of rotatable bonds is 4. The van der Waals surface area contributed by atoms with E-state index in [0.717, 1.165) is 17.1 Å². The van der Waals surface area contributed by atoms with Crippen LogP contribution >= 0.6 is 11.3 Å². The molecule has 0 fully saturated rings. The third-order valence-corrected chi connectivity index (χ3v) is 5.72. The van der Waals surface area contributed by atoms with Gasteiger partial charge in [-0.1, -0.05) is 26.8 Å². The van der Waals surface area contributed by atoms with Crippen LogP contribution in [0, 0.1) is 11.2 Å². The highest BCUT2D eigenvalue weighted by Gasteiger charge is 2.35. The topological polar surface area (TPSA) is 42.4 Å². The molecule has 134 valence electrons. The number of nitrogens with zero attached hydrogens (tertiary/aromatic N) is 2. The Bertz CT molecular complexity index is 782. The predicted octanol–water partition coefficient (Wildman–Crippen LogP) is 4.29. The molecular weight excluding hydrogens is 339 g/mol. The molecule has 1 aromatic heterocycles. The zero-order valence-corrected chi connectivity index (χ0v) is 15.8. The number of amides is 1. The van der Waals surface area contributed by atoms with E-state index in [9.17, 15) is 9.18 Å². The third kappa shape index (κ3) is 3.84. The number of hydrogen-bond acceptors (Lipinski definition) is 4. The molecule has 0 unspecified atom stereocenters. The average Bonchev–Trinajstić information content (AvgIpc) is 2.96. The molecule has 0 spiro atoms. The molecule has 1 atom stereocenters. The summed E-state index contributed by atoms with van der Waals surface area (Å²) < 4.78 is 18.8. The standard InChI is InChI=1S/C19H23FN2O2S/c1-12(19(2,3)4)22-9-8-15-17(18(22)23)25-16(21-15)11-24-14-7-5-6-13(20)10-14/h5-7,10,12H,8-9,11H2,1-4H3/t12-/m1/s1. The Hall–Kier alpha value is -1.95. The van der Waals surface area contributed by atoms with Crippen molar-refractivity contribution in [2.24, 2.45) is 5.41 Å². The molecule has 2 aromatic rings. The van der Waals surface area contributed by atoms with E-state index in [1.807, 2.05) is 4.90 Å². The van der Waals surface area contributed by atoms with Crippen LogP contribution in [0.4, 0.5) is 4.39 Å². The number of halogens is 1. The molecule has 1 aliphatic heterocycles. The van der Waals surface area contributed by atoms with Gasteiger partial charge in [0.1, 0.15) is 28.1 Å². The number of ether oxygens (including phenoxy) is 1. The van der Waals surface area contributed by atoms with Crippen LogP contribution in [0.2, 0.25) is 0 Å². The molecule has 3 rings (SSSR count). The molecule has 2 heterocycles. The number of benzene rings is 1. The van der Waals surface area contributed by atoms with Crippen molar-refractivity contribution in [3.63, 3.8) is 0 Å². The predicted molar refractivity (Wildman–Crippen MR) is 96.5 cm³/mol. The van der Waals surface area contributed by atoms with E-state index in [-0.39, 0.29) is 29.8 Å². The summed E-state index contributed by atoms with van der Waals surface area (Å²) >= 11 is 1.38. The molecule has 25 heavy (non-hydrogen) atoms. The van der Waals surface area contributed by atoms with Gasteiger partial charge in [0, 0.05) is 25.1 Å². The summed E-state index contributed by atoms with van der Waals surface area (Å²) in [6, 6.07) is 6.17. The molecule has 6 heteroatoms. The minimum atomic E-state index is -0.335. The second-order valence-electron chi connectivity index (χ2n) is 7.42. The Balaban J connectivity index is 1.73. The van der Waals surface area contributed by atoms with Crippen molar-refractivity contribution < 1.29 is 13.9 Å². The fourth-order valence-corrected chi connectivity index (χ4v) is 3.78. The zero-order chi connectivity index (χ0) is 18.2. The number of fused-ring (bicyclic) bond motifs is 1. The largest absolute Gasteiger partial charge is 0.486 e. The van der Waals surface area contributed by atoms with E-state index in [1.54, 1.807) is 12.1 Å². The SMILES string of the molecule is C[C@@H](N1CCc2nc(COc3cccc(F)c3)sc2C1=O)C(C)(C)C. The van der Waals surface area contributed by atoms with E-state index in [2.05, 4.69) is 32.7 Å². The van der Waals surface area contributed by atoms with Crippen LogP contribution < -0.4 is 4.74 Å². The van der Waals surface area contributed by atoms with Gasteiger partial charge in [-0.05, 0) is 24.5 Å². The summed E-state index contributed by atoms with van der Waals surface area (Å²) in [7, 11) is 0.